The number of carbonyl (C=O) groups is 1. The molecule has 2 aromatic rings. The van der Waals surface area contributed by atoms with E-state index in [4.69, 9.17) is 0 Å². The molecule has 3 rings (SSSR count). The zero-order valence-electron chi connectivity index (χ0n) is 12.2. The molecule has 3 heterocycles. The summed E-state index contributed by atoms with van der Waals surface area (Å²) < 4.78 is 1.67. The van der Waals surface area contributed by atoms with Crippen LogP contribution in [0.15, 0.2) is 36.8 Å². The van der Waals surface area contributed by atoms with Gasteiger partial charge in [0.1, 0.15) is 0 Å². The van der Waals surface area contributed by atoms with Crippen LogP contribution in [0.4, 0.5) is 4.79 Å². The van der Waals surface area contributed by atoms with Gasteiger partial charge in [-0.25, -0.2) is 14.5 Å². The van der Waals surface area contributed by atoms with E-state index in [2.05, 4.69) is 15.4 Å². The highest BCUT2D eigenvalue weighted by Gasteiger charge is 2.27. The predicted molar refractivity (Wildman–Crippen MR) is 80.4 cm³/mol. The third-order valence-corrected chi connectivity index (χ3v) is 3.84. The van der Waals surface area contributed by atoms with E-state index in [1.54, 1.807) is 22.0 Å². The third-order valence-electron chi connectivity index (χ3n) is 3.84. The number of aliphatic hydroxyl groups excluding tert-OH is 1. The smallest absolute Gasteiger partial charge is 0.317 e. The topological polar surface area (TPSA) is 83.3 Å². The number of aromatic nitrogens is 3. The molecule has 7 heteroatoms. The van der Waals surface area contributed by atoms with Crippen LogP contribution in [0, 0.1) is 0 Å². The number of hydrogen-bond donors (Lipinski definition) is 2. The molecule has 116 valence electrons. The Bertz CT molecular complexity index is 629. The molecular formula is C15H19N5O2. The summed E-state index contributed by atoms with van der Waals surface area (Å²) >= 11 is 0. The van der Waals surface area contributed by atoms with E-state index < -0.39 is 0 Å². The van der Waals surface area contributed by atoms with E-state index in [0.29, 0.717) is 18.9 Å². The summed E-state index contributed by atoms with van der Waals surface area (Å²) in [4.78, 5) is 18.1. The molecule has 1 aliphatic heterocycles. The summed E-state index contributed by atoms with van der Waals surface area (Å²) in [5.41, 5.74) is 0.952. The van der Waals surface area contributed by atoms with E-state index in [-0.39, 0.29) is 18.7 Å². The monoisotopic (exact) mass is 301 g/mol. The first-order chi connectivity index (χ1) is 10.8. The largest absolute Gasteiger partial charge is 0.394 e. The molecule has 2 N–H and O–H groups in total. The van der Waals surface area contributed by atoms with Gasteiger partial charge in [-0.15, -0.1) is 0 Å². The first kappa shape index (κ1) is 14.5. The molecule has 1 saturated heterocycles. The van der Waals surface area contributed by atoms with Crippen molar-refractivity contribution in [1.29, 1.82) is 0 Å². The van der Waals surface area contributed by atoms with Crippen molar-refractivity contribution < 1.29 is 9.90 Å². The summed E-state index contributed by atoms with van der Waals surface area (Å²) in [7, 11) is 0. The number of hydrogen-bond acceptors (Lipinski definition) is 4. The van der Waals surface area contributed by atoms with Gasteiger partial charge in [0.05, 0.1) is 12.6 Å². The predicted octanol–water partition coefficient (Wildman–Crippen LogP) is 0.934. The molecule has 0 aliphatic carbocycles. The number of pyridine rings is 1. The Hall–Kier alpha value is -2.41. The van der Waals surface area contributed by atoms with Gasteiger partial charge in [0, 0.05) is 31.7 Å². The molecule has 1 atom stereocenters. The van der Waals surface area contributed by atoms with Gasteiger partial charge in [-0.3, -0.25) is 0 Å². The van der Waals surface area contributed by atoms with E-state index in [9.17, 15) is 9.90 Å². The summed E-state index contributed by atoms with van der Waals surface area (Å²) in [6, 6.07) is 5.39. The van der Waals surface area contributed by atoms with E-state index in [1.807, 2.05) is 24.4 Å². The van der Waals surface area contributed by atoms with Crippen molar-refractivity contribution in [2.24, 2.45) is 0 Å². The van der Waals surface area contributed by atoms with Crippen LogP contribution in [-0.4, -0.2) is 50.0 Å². The summed E-state index contributed by atoms with van der Waals surface area (Å²) in [6.07, 6.45) is 7.02. The molecule has 0 saturated carbocycles. The highest BCUT2D eigenvalue weighted by molar-refractivity contribution is 5.74. The maximum atomic E-state index is 12.2. The molecule has 0 radical (unpaired) electrons. The Morgan fingerprint density at radius 2 is 2.36 bits per heavy atom. The Balaban J connectivity index is 1.62. The van der Waals surface area contributed by atoms with Crippen LogP contribution in [0.1, 0.15) is 18.4 Å². The van der Waals surface area contributed by atoms with E-state index in [1.165, 1.54) is 0 Å². The first-order valence-corrected chi connectivity index (χ1v) is 7.38. The Labute approximate surface area is 128 Å². The Morgan fingerprint density at radius 1 is 1.45 bits per heavy atom. The molecular weight excluding hydrogens is 282 g/mol. The van der Waals surface area contributed by atoms with Crippen LogP contribution in [0.2, 0.25) is 0 Å². The molecule has 1 aliphatic rings. The molecule has 1 unspecified atom stereocenters. The van der Waals surface area contributed by atoms with Crippen molar-refractivity contribution in [3.8, 4) is 5.82 Å². The zero-order valence-corrected chi connectivity index (χ0v) is 12.2. The van der Waals surface area contributed by atoms with E-state index in [0.717, 1.165) is 18.4 Å². The van der Waals surface area contributed by atoms with Gasteiger partial charge in [0.2, 0.25) is 0 Å². The number of aliphatic hydroxyl groups is 1. The fourth-order valence-electron chi connectivity index (χ4n) is 2.67. The summed E-state index contributed by atoms with van der Waals surface area (Å²) in [5.74, 6) is 0.714. The second-order valence-corrected chi connectivity index (χ2v) is 5.30. The molecule has 0 bridgehead atoms. The Kier molecular flexibility index (Phi) is 4.34. The summed E-state index contributed by atoms with van der Waals surface area (Å²) in [5, 5.41) is 16.3. The highest BCUT2D eigenvalue weighted by Crippen LogP contribution is 2.16. The normalized spacial score (nSPS) is 17.7. The van der Waals surface area contributed by atoms with E-state index >= 15 is 0 Å². The van der Waals surface area contributed by atoms with Crippen LogP contribution in [-0.2, 0) is 6.54 Å². The maximum absolute atomic E-state index is 12.2. The van der Waals surface area contributed by atoms with Crippen LogP contribution in [0.5, 0.6) is 0 Å². The second kappa shape index (κ2) is 6.57. The average molecular weight is 301 g/mol. The van der Waals surface area contributed by atoms with Crippen molar-refractivity contribution in [2.45, 2.75) is 25.4 Å². The molecule has 7 nitrogen and oxygen atoms in total. The quantitative estimate of drug-likeness (QED) is 0.880. The maximum Gasteiger partial charge on any atom is 0.317 e. The van der Waals surface area contributed by atoms with Crippen LogP contribution in [0.25, 0.3) is 5.82 Å². The fraction of sp³-hybridized carbons (Fsp3) is 0.400. The highest BCUT2D eigenvalue weighted by atomic mass is 16.3. The van der Waals surface area contributed by atoms with Gasteiger partial charge in [-0.05, 0) is 36.6 Å². The molecule has 0 spiro atoms. The molecule has 2 aromatic heterocycles. The summed E-state index contributed by atoms with van der Waals surface area (Å²) in [6.45, 7) is 1.14. The SMILES string of the molecule is O=C(NCc1ccnc(-n2cccn2)c1)N1CCCC1CO. The van der Waals surface area contributed by atoms with Crippen LogP contribution < -0.4 is 5.32 Å². The lowest BCUT2D eigenvalue weighted by molar-refractivity contribution is 0.157. The molecule has 1 fully saturated rings. The number of nitrogens with one attached hydrogen (secondary N) is 1. The third kappa shape index (κ3) is 3.09. The second-order valence-electron chi connectivity index (χ2n) is 5.30. The minimum atomic E-state index is -0.131. The minimum Gasteiger partial charge on any atom is -0.394 e. The molecule has 0 aromatic carbocycles. The number of likely N-dealkylation sites (tertiary alicyclic amines) is 1. The van der Waals surface area contributed by atoms with Gasteiger partial charge >= 0.3 is 6.03 Å². The van der Waals surface area contributed by atoms with Crippen LogP contribution >= 0.6 is 0 Å². The van der Waals surface area contributed by atoms with Gasteiger partial charge in [-0.1, -0.05) is 0 Å². The van der Waals surface area contributed by atoms with Crippen molar-refractivity contribution in [3.05, 3.63) is 42.4 Å². The Morgan fingerprint density at radius 3 is 3.14 bits per heavy atom. The van der Waals surface area contributed by atoms with Gasteiger partial charge in [0.25, 0.3) is 0 Å². The number of nitrogens with zero attached hydrogens (tertiary/aromatic N) is 4. The van der Waals surface area contributed by atoms with Gasteiger partial charge in [0.15, 0.2) is 5.82 Å². The molecule has 22 heavy (non-hydrogen) atoms. The van der Waals surface area contributed by atoms with Crippen molar-refractivity contribution >= 4 is 6.03 Å². The van der Waals surface area contributed by atoms with Crippen LogP contribution in [0.3, 0.4) is 0 Å². The minimum absolute atomic E-state index is 0.0200. The fourth-order valence-corrected chi connectivity index (χ4v) is 2.67. The zero-order chi connectivity index (χ0) is 15.4. The first-order valence-electron chi connectivity index (χ1n) is 7.38. The number of urea groups is 1. The van der Waals surface area contributed by atoms with Crippen molar-refractivity contribution in [3.63, 3.8) is 0 Å². The van der Waals surface area contributed by atoms with Gasteiger partial charge < -0.3 is 15.3 Å². The number of carbonyl (C=O) groups excluding carboxylic acids is 1. The number of amides is 2. The molecule has 2 amide bonds. The lowest BCUT2D eigenvalue weighted by atomic mass is 10.2. The van der Waals surface area contributed by atoms with Crippen molar-refractivity contribution in [2.75, 3.05) is 13.2 Å². The van der Waals surface area contributed by atoms with Gasteiger partial charge in [-0.2, -0.15) is 5.10 Å². The standard InChI is InChI=1S/C15H19N5O2/c21-11-13-3-1-7-19(13)15(22)17-10-12-4-6-16-14(9-12)20-8-2-5-18-20/h2,4-6,8-9,13,21H,1,3,7,10-11H2,(H,17,22). The van der Waals surface area contributed by atoms with Crippen molar-refractivity contribution in [1.82, 2.24) is 25.0 Å². The number of rotatable bonds is 4. The average Bonchev–Trinajstić information content (AvgIpc) is 3.23. The lowest BCUT2D eigenvalue weighted by Gasteiger charge is -2.23. The lowest BCUT2D eigenvalue weighted by Crippen LogP contribution is -2.43.